The van der Waals surface area contributed by atoms with Gasteiger partial charge in [-0.1, -0.05) is 17.7 Å². The first kappa shape index (κ1) is 15.2. The number of carbonyl (C=O) groups excluding carboxylic acids is 1. The number of alkyl halides is 1. The minimum absolute atomic E-state index is 0.163. The van der Waals surface area contributed by atoms with Crippen LogP contribution in [0.15, 0.2) is 18.2 Å². The Morgan fingerprint density at radius 1 is 1.44 bits per heavy atom. The molecule has 18 heavy (non-hydrogen) atoms. The summed E-state index contributed by atoms with van der Waals surface area (Å²) < 4.78 is 4.55. The summed E-state index contributed by atoms with van der Waals surface area (Å²) in [4.78, 5) is 11.3. The second-order valence-corrected chi connectivity index (χ2v) is 4.51. The molecule has 1 rings (SSSR count). The molecule has 6 heteroatoms. The number of methoxy groups -OCH3 is 1. The van der Waals surface area contributed by atoms with E-state index in [0.717, 1.165) is 0 Å². The van der Waals surface area contributed by atoms with Gasteiger partial charge in [0.15, 0.2) is 0 Å². The van der Waals surface area contributed by atoms with Crippen molar-refractivity contribution >= 4 is 29.2 Å². The Morgan fingerprint density at radius 2 is 2.11 bits per heavy atom. The molecule has 0 aliphatic carbocycles. The Bertz CT molecular complexity index is 423. The Balaban J connectivity index is 2.93. The predicted molar refractivity (Wildman–Crippen MR) is 69.1 cm³/mol. The summed E-state index contributed by atoms with van der Waals surface area (Å²) in [5.41, 5.74) is 0.632. The average Bonchev–Trinajstić information content (AvgIpc) is 2.37. The summed E-state index contributed by atoms with van der Waals surface area (Å²) in [6.45, 7) is 0. The number of ether oxygens (including phenoxy) is 1. The van der Waals surface area contributed by atoms with Crippen molar-refractivity contribution in [2.75, 3.05) is 13.0 Å². The number of hydrogen-bond acceptors (Lipinski definition) is 4. The fraction of sp³-hybridized carbons (Fsp3) is 0.417. The molecule has 0 aliphatic rings. The molecule has 0 saturated heterocycles. The molecule has 0 aliphatic heterocycles. The summed E-state index contributed by atoms with van der Waals surface area (Å²) in [5, 5.41) is 19.6. The number of rotatable bonds is 5. The molecule has 0 heterocycles. The predicted octanol–water partition coefficient (Wildman–Crippen LogP) is 2.15. The summed E-state index contributed by atoms with van der Waals surface area (Å²) in [6.07, 6.45) is -1.80. The first-order chi connectivity index (χ1) is 8.51. The van der Waals surface area contributed by atoms with Gasteiger partial charge in [-0.05, 0) is 24.1 Å². The lowest BCUT2D eigenvalue weighted by atomic mass is 10.0. The minimum atomic E-state index is -1.09. The second kappa shape index (κ2) is 6.95. The number of aliphatic hydroxyl groups excluding tert-OH is 2. The molecule has 1 aromatic rings. The summed E-state index contributed by atoms with van der Waals surface area (Å²) in [6, 6.07) is 4.39. The van der Waals surface area contributed by atoms with E-state index in [9.17, 15) is 15.0 Å². The molecule has 0 spiro atoms. The summed E-state index contributed by atoms with van der Waals surface area (Å²) in [5.74, 6) is -0.311. The Hall–Kier alpha value is -0.810. The van der Waals surface area contributed by atoms with Crippen LogP contribution >= 0.6 is 23.2 Å². The molecule has 2 N–H and O–H groups in total. The lowest BCUT2D eigenvalue weighted by molar-refractivity contribution is 0.0170. The van der Waals surface area contributed by atoms with E-state index in [-0.39, 0.29) is 22.9 Å². The summed E-state index contributed by atoms with van der Waals surface area (Å²) in [7, 11) is 1.26. The van der Waals surface area contributed by atoms with E-state index in [4.69, 9.17) is 23.2 Å². The SMILES string of the molecule is COC(=O)c1ccc(C(O)C(O)CCCl)cc1Cl. The smallest absolute Gasteiger partial charge is 0.339 e. The Labute approximate surface area is 115 Å². The van der Waals surface area contributed by atoms with E-state index in [0.29, 0.717) is 5.56 Å². The van der Waals surface area contributed by atoms with Gasteiger partial charge in [0.05, 0.1) is 23.8 Å². The molecule has 4 nitrogen and oxygen atoms in total. The van der Waals surface area contributed by atoms with Crippen molar-refractivity contribution in [1.29, 1.82) is 0 Å². The average molecular weight is 293 g/mol. The highest BCUT2D eigenvalue weighted by atomic mass is 35.5. The van der Waals surface area contributed by atoms with Crippen LogP contribution in [0, 0.1) is 0 Å². The third kappa shape index (κ3) is 3.59. The molecule has 0 fully saturated rings. The van der Waals surface area contributed by atoms with Gasteiger partial charge in [-0.2, -0.15) is 0 Å². The van der Waals surface area contributed by atoms with Crippen LogP contribution in [0.5, 0.6) is 0 Å². The molecular weight excluding hydrogens is 279 g/mol. The van der Waals surface area contributed by atoms with Crippen LogP contribution < -0.4 is 0 Å². The Kier molecular flexibility index (Phi) is 5.88. The van der Waals surface area contributed by atoms with E-state index >= 15 is 0 Å². The Morgan fingerprint density at radius 3 is 2.61 bits per heavy atom. The van der Waals surface area contributed by atoms with Crippen LogP contribution in [0.1, 0.15) is 28.4 Å². The normalized spacial score (nSPS) is 14.1. The zero-order valence-corrected chi connectivity index (χ0v) is 11.3. The van der Waals surface area contributed by atoms with Gasteiger partial charge in [-0.3, -0.25) is 0 Å². The first-order valence-electron chi connectivity index (χ1n) is 5.31. The van der Waals surface area contributed by atoms with Gasteiger partial charge in [-0.15, -0.1) is 11.6 Å². The number of hydrogen-bond donors (Lipinski definition) is 2. The lowest BCUT2D eigenvalue weighted by Crippen LogP contribution is -2.18. The number of benzene rings is 1. The van der Waals surface area contributed by atoms with E-state index in [1.807, 2.05) is 0 Å². The maximum atomic E-state index is 11.3. The van der Waals surface area contributed by atoms with Crippen molar-refractivity contribution in [2.45, 2.75) is 18.6 Å². The van der Waals surface area contributed by atoms with Gasteiger partial charge < -0.3 is 14.9 Å². The van der Waals surface area contributed by atoms with Crippen LogP contribution in [0.25, 0.3) is 0 Å². The molecule has 0 bridgehead atoms. The van der Waals surface area contributed by atoms with Crippen molar-refractivity contribution in [3.63, 3.8) is 0 Å². The molecule has 1 aromatic carbocycles. The third-order valence-corrected chi connectivity index (χ3v) is 3.04. The van der Waals surface area contributed by atoms with Crippen molar-refractivity contribution in [3.05, 3.63) is 34.3 Å². The zero-order chi connectivity index (χ0) is 13.7. The maximum absolute atomic E-state index is 11.3. The van der Waals surface area contributed by atoms with Gasteiger partial charge in [0.25, 0.3) is 0 Å². The first-order valence-corrected chi connectivity index (χ1v) is 6.22. The number of aliphatic hydroxyl groups is 2. The van der Waals surface area contributed by atoms with Gasteiger partial charge in [0.1, 0.15) is 6.10 Å². The minimum Gasteiger partial charge on any atom is -0.465 e. The van der Waals surface area contributed by atoms with Crippen LogP contribution in [-0.2, 0) is 4.74 Å². The standard InChI is InChI=1S/C12H14Cl2O4/c1-18-12(17)8-3-2-7(6-9(8)14)11(16)10(15)4-5-13/h2-3,6,10-11,15-16H,4-5H2,1H3. The molecule has 0 aromatic heterocycles. The van der Waals surface area contributed by atoms with Crippen LogP contribution in [0.4, 0.5) is 0 Å². The van der Waals surface area contributed by atoms with Crippen molar-refractivity contribution in [2.24, 2.45) is 0 Å². The number of esters is 1. The quantitative estimate of drug-likeness (QED) is 0.645. The van der Waals surface area contributed by atoms with E-state index < -0.39 is 18.2 Å². The monoisotopic (exact) mass is 292 g/mol. The topological polar surface area (TPSA) is 66.8 Å². The van der Waals surface area contributed by atoms with Gasteiger partial charge >= 0.3 is 5.97 Å². The third-order valence-electron chi connectivity index (χ3n) is 2.51. The molecule has 100 valence electrons. The largest absolute Gasteiger partial charge is 0.465 e. The van der Waals surface area contributed by atoms with Crippen molar-refractivity contribution in [3.8, 4) is 0 Å². The molecule has 0 saturated carbocycles. The highest BCUT2D eigenvalue weighted by Gasteiger charge is 2.20. The highest BCUT2D eigenvalue weighted by Crippen LogP contribution is 2.25. The van der Waals surface area contributed by atoms with Gasteiger partial charge in [-0.25, -0.2) is 4.79 Å². The van der Waals surface area contributed by atoms with Crippen molar-refractivity contribution in [1.82, 2.24) is 0 Å². The van der Waals surface area contributed by atoms with Crippen LogP contribution in [0.2, 0.25) is 5.02 Å². The van der Waals surface area contributed by atoms with Crippen LogP contribution in [0.3, 0.4) is 0 Å². The molecular formula is C12H14Cl2O4. The van der Waals surface area contributed by atoms with Crippen molar-refractivity contribution < 1.29 is 19.7 Å². The van der Waals surface area contributed by atoms with Crippen LogP contribution in [-0.4, -0.2) is 35.3 Å². The zero-order valence-electron chi connectivity index (χ0n) is 9.77. The number of carbonyl (C=O) groups is 1. The molecule has 2 atom stereocenters. The fourth-order valence-corrected chi connectivity index (χ4v) is 1.97. The molecule has 0 radical (unpaired) electrons. The highest BCUT2D eigenvalue weighted by molar-refractivity contribution is 6.33. The molecule has 2 unspecified atom stereocenters. The van der Waals surface area contributed by atoms with E-state index in [1.165, 1.54) is 25.3 Å². The molecule has 0 amide bonds. The lowest BCUT2D eigenvalue weighted by Gasteiger charge is -2.17. The maximum Gasteiger partial charge on any atom is 0.339 e. The summed E-state index contributed by atoms with van der Waals surface area (Å²) >= 11 is 11.4. The fourth-order valence-electron chi connectivity index (χ4n) is 1.48. The van der Waals surface area contributed by atoms with Gasteiger partial charge in [0.2, 0.25) is 0 Å². The second-order valence-electron chi connectivity index (χ2n) is 3.72. The van der Waals surface area contributed by atoms with E-state index in [1.54, 1.807) is 0 Å². The number of halogens is 2. The van der Waals surface area contributed by atoms with E-state index in [2.05, 4.69) is 4.74 Å². The van der Waals surface area contributed by atoms with Gasteiger partial charge in [0, 0.05) is 5.88 Å².